The molecule has 1 aliphatic carbocycles. The molecule has 0 bridgehead atoms. The number of rotatable bonds is 5. The van der Waals surface area contributed by atoms with Crippen LogP contribution in [0.15, 0.2) is 0 Å². The van der Waals surface area contributed by atoms with Gasteiger partial charge in [-0.15, -0.1) is 0 Å². The van der Waals surface area contributed by atoms with Crippen molar-refractivity contribution in [1.29, 1.82) is 0 Å². The molecule has 2 heterocycles. The summed E-state index contributed by atoms with van der Waals surface area (Å²) >= 11 is 0. The zero-order chi connectivity index (χ0) is 16.4. The van der Waals surface area contributed by atoms with E-state index in [2.05, 4.69) is 4.90 Å². The highest BCUT2D eigenvalue weighted by Crippen LogP contribution is 2.35. The first-order chi connectivity index (χ1) is 11.0. The lowest BCUT2D eigenvalue weighted by Crippen LogP contribution is -2.54. The first-order valence-electron chi connectivity index (χ1n) is 8.90. The van der Waals surface area contributed by atoms with Crippen molar-refractivity contribution in [2.75, 3.05) is 32.1 Å². The highest BCUT2D eigenvalue weighted by atomic mass is 32.2. The molecule has 0 aromatic rings. The monoisotopic (exact) mass is 344 g/mol. The minimum absolute atomic E-state index is 0.155. The highest BCUT2D eigenvalue weighted by Gasteiger charge is 2.41. The van der Waals surface area contributed by atoms with Gasteiger partial charge in [0.05, 0.1) is 5.75 Å². The van der Waals surface area contributed by atoms with Crippen LogP contribution in [0.25, 0.3) is 0 Å². The van der Waals surface area contributed by atoms with Crippen LogP contribution < -0.4 is 0 Å². The Hall–Kier alpha value is -0.660. The van der Waals surface area contributed by atoms with Gasteiger partial charge in [-0.25, -0.2) is 12.7 Å². The van der Waals surface area contributed by atoms with E-state index in [1.165, 1.54) is 0 Å². The minimum Gasteiger partial charge on any atom is -0.381 e. The molecule has 0 spiro atoms. The Labute approximate surface area is 139 Å². The maximum atomic E-state index is 12.8. The molecule has 2 saturated heterocycles. The van der Waals surface area contributed by atoms with E-state index in [0.717, 1.165) is 51.7 Å². The fraction of sp³-hybridized carbons (Fsp3) is 0.938. The Morgan fingerprint density at radius 2 is 1.61 bits per heavy atom. The zero-order valence-corrected chi connectivity index (χ0v) is 14.8. The first kappa shape index (κ1) is 17.2. The van der Waals surface area contributed by atoms with E-state index in [0.29, 0.717) is 19.0 Å². The summed E-state index contributed by atoms with van der Waals surface area (Å²) < 4.78 is 31.1. The van der Waals surface area contributed by atoms with E-state index in [-0.39, 0.29) is 23.8 Å². The second kappa shape index (κ2) is 7.07. The maximum absolute atomic E-state index is 12.8. The summed E-state index contributed by atoms with van der Waals surface area (Å²) in [6, 6.07) is 0.464. The van der Waals surface area contributed by atoms with Gasteiger partial charge in [0.15, 0.2) is 0 Å². The van der Waals surface area contributed by atoms with E-state index >= 15 is 0 Å². The second-order valence-corrected chi connectivity index (χ2v) is 9.15. The van der Waals surface area contributed by atoms with Gasteiger partial charge in [0.1, 0.15) is 0 Å². The molecule has 0 radical (unpaired) electrons. The Bertz CT molecular complexity index is 518. The molecule has 0 unspecified atom stereocenters. The number of hydrogen-bond donors (Lipinski definition) is 0. The van der Waals surface area contributed by atoms with Crippen LogP contribution in [0.2, 0.25) is 0 Å². The average molecular weight is 344 g/mol. The van der Waals surface area contributed by atoms with Crippen LogP contribution in [0.4, 0.5) is 0 Å². The third kappa shape index (κ3) is 3.88. The molecular formula is C16H28N2O4S. The van der Waals surface area contributed by atoms with E-state index in [1.807, 2.05) is 0 Å². The number of ether oxygens (including phenoxy) is 1. The van der Waals surface area contributed by atoms with Gasteiger partial charge in [-0.05, 0) is 45.4 Å². The van der Waals surface area contributed by atoms with Crippen molar-refractivity contribution < 1.29 is 17.9 Å². The molecule has 0 aromatic heterocycles. The standard InChI is InChI=1S/C16H28N2O4S/c1-2-23(20,21)17-9-5-14(6-10-17)18(16(19)13-3-4-13)15-7-11-22-12-8-15/h13-15H,2-12H2,1H3. The van der Waals surface area contributed by atoms with Gasteiger partial charge in [-0.2, -0.15) is 0 Å². The Balaban J connectivity index is 1.67. The molecule has 1 amide bonds. The van der Waals surface area contributed by atoms with E-state index in [1.54, 1.807) is 11.2 Å². The highest BCUT2D eigenvalue weighted by molar-refractivity contribution is 7.89. The summed E-state index contributed by atoms with van der Waals surface area (Å²) in [5, 5.41) is 0. The number of nitrogens with zero attached hydrogens (tertiary/aromatic N) is 2. The fourth-order valence-electron chi connectivity index (χ4n) is 3.74. The van der Waals surface area contributed by atoms with Crippen LogP contribution in [-0.4, -0.2) is 67.7 Å². The molecule has 0 N–H and O–H groups in total. The van der Waals surface area contributed by atoms with Crippen molar-refractivity contribution in [2.45, 2.75) is 57.5 Å². The Kier molecular flexibility index (Phi) is 5.28. The topological polar surface area (TPSA) is 66.9 Å². The van der Waals surface area contributed by atoms with Gasteiger partial charge in [-0.3, -0.25) is 4.79 Å². The average Bonchev–Trinajstić information content (AvgIpc) is 3.41. The summed E-state index contributed by atoms with van der Waals surface area (Å²) in [6.45, 7) is 4.22. The molecule has 3 fully saturated rings. The molecule has 0 atom stereocenters. The molecular weight excluding hydrogens is 316 g/mol. The molecule has 3 rings (SSSR count). The largest absolute Gasteiger partial charge is 0.381 e. The third-order valence-corrected chi connectivity index (χ3v) is 7.22. The van der Waals surface area contributed by atoms with Gasteiger partial charge < -0.3 is 9.64 Å². The van der Waals surface area contributed by atoms with Crippen molar-refractivity contribution in [3.8, 4) is 0 Å². The lowest BCUT2D eigenvalue weighted by molar-refractivity contribution is -0.141. The lowest BCUT2D eigenvalue weighted by Gasteiger charge is -2.43. The van der Waals surface area contributed by atoms with Crippen molar-refractivity contribution >= 4 is 15.9 Å². The van der Waals surface area contributed by atoms with Gasteiger partial charge in [0.25, 0.3) is 0 Å². The van der Waals surface area contributed by atoms with Crippen LogP contribution >= 0.6 is 0 Å². The van der Waals surface area contributed by atoms with E-state index < -0.39 is 10.0 Å². The van der Waals surface area contributed by atoms with Gasteiger partial charge >= 0.3 is 0 Å². The molecule has 1 saturated carbocycles. The van der Waals surface area contributed by atoms with Crippen LogP contribution in [0.1, 0.15) is 45.4 Å². The number of amides is 1. The molecule has 2 aliphatic heterocycles. The fourth-order valence-corrected chi connectivity index (χ4v) is 4.88. The summed E-state index contributed by atoms with van der Waals surface area (Å²) in [6.07, 6.45) is 5.37. The third-order valence-electron chi connectivity index (χ3n) is 5.34. The van der Waals surface area contributed by atoms with Crippen LogP contribution in [0, 0.1) is 5.92 Å². The SMILES string of the molecule is CCS(=O)(=O)N1CCC(N(C(=O)C2CC2)C2CCOCC2)CC1. The summed E-state index contributed by atoms with van der Waals surface area (Å²) in [4.78, 5) is 14.9. The Morgan fingerprint density at radius 3 is 2.13 bits per heavy atom. The van der Waals surface area contributed by atoms with Crippen molar-refractivity contribution in [1.82, 2.24) is 9.21 Å². The van der Waals surface area contributed by atoms with Crippen LogP contribution in [-0.2, 0) is 19.6 Å². The Morgan fingerprint density at radius 1 is 1.04 bits per heavy atom. The second-order valence-electron chi connectivity index (χ2n) is 6.89. The molecule has 6 nitrogen and oxygen atoms in total. The summed E-state index contributed by atoms with van der Waals surface area (Å²) in [5.74, 6) is 0.673. The maximum Gasteiger partial charge on any atom is 0.226 e. The van der Waals surface area contributed by atoms with Crippen molar-refractivity contribution in [3.63, 3.8) is 0 Å². The number of piperidine rings is 1. The van der Waals surface area contributed by atoms with E-state index in [9.17, 15) is 13.2 Å². The number of hydrogen-bond acceptors (Lipinski definition) is 4. The molecule has 23 heavy (non-hydrogen) atoms. The quantitative estimate of drug-likeness (QED) is 0.752. The molecule has 132 valence electrons. The van der Waals surface area contributed by atoms with Crippen LogP contribution in [0.3, 0.4) is 0 Å². The van der Waals surface area contributed by atoms with Crippen LogP contribution in [0.5, 0.6) is 0 Å². The molecule has 0 aromatic carbocycles. The minimum atomic E-state index is -3.11. The normalized spacial score (nSPS) is 25.4. The first-order valence-corrected chi connectivity index (χ1v) is 10.5. The van der Waals surface area contributed by atoms with Gasteiger partial charge in [0, 0.05) is 44.3 Å². The predicted octanol–water partition coefficient (Wildman–Crippen LogP) is 1.22. The number of carbonyl (C=O) groups is 1. The zero-order valence-electron chi connectivity index (χ0n) is 13.9. The molecule has 7 heteroatoms. The molecule has 3 aliphatic rings. The lowest BCUT2D eigenvalue weighted by atomic mass is 9.98. The summed E-state index contributed by atoms with van der Waals surface area (Å²) in [5.41, 5.74) is 0. The number of carbonyl (C=O) groups excluding carboxylic acids is 1. The smallest absolute Gasteiger partial charge is 0.226 e. The van der Waals surface area contributed by atoms with Gasteiger partial charge in [0.2, 0.25) is 15.9 Å². The van der Waals surface area contributed by atoms with Crippen molar-refractivity contribution in [2.24, 2.45) is 5.92 Å². The number of sulfonamides is 1. The predicted molar refractivity (Wildman–Crippen MR) is 87.5 cm³/mol. The van der Waals surface area contributed by atoms with Gasteiger partial charge in [-0.1, -0.05) is 0 Å². The summed E-state index contributed by atoms with van der Waals surface area (Å²) in [7, 11) is -3.11. The van der Waals surface area contributed by atoms with E-state index in [4.69, 9.17) is 4.74 Å². The van der Waals surface area contributed by atoms with Crippen molar-refractivity contribution in [3.05, 3.63) is 0 Å².